The molecule has 39 heavy (non-hydrogen) atoms. The molecule has 0 aliphatic carbocycles. The summed E-state index contributed by atoms with van der Waals surface area (Å²) >= 11 is 0. The molecule has 8 nitrogen and oxygen atoms in total. The van der Waals surface area contributed by atoms with Gasteiger partial charge >= 0.3 is 6.18 Å². The van der Waals surface area contributed by atoms with Crippen LogP contribution in [0.3, 0.4) is 0 Å². The second kappa shape index (κ2) is 13.7. The summed E-state index contributed by atoms with van der Waals surface area (Å²) in [7, 11) is -2.42. The third-order valence-corrected chi connectivity index (χ3v) is 7.46. The summed E-state index contributed by atoms with van der Waals surface area (Å²) in [5.74, 6) is -0.147. The zero-order valence-electron chi connectivity index (χ0n) is 22.8. The number of nitrogens with zero attached hydrogens (tertiary/aromatic N) is 2. The second-order valence-corrected chi connectivity index (χ2v) is 11.3. The lowest BCUT2D eigenvalue weighted by Crippen LogP contribution is -2.49. The first-order valence-electron chi connectivity index (χ1n) is 12.5. The lowest BCUT2D eigenvalue weighted by atomic mass is 10.1. The second-order valence-electron chi connectivity index (χ2n) is 9.35. The molecule has 2 aromatic rings. The van der Waals surface area contributed by atoms with Gasteiger partial charge in [-0.1, -0.05) is 25.1 Å². The normalized spacial score (nSPS) is 13.3. The van der Waals surface area contributed by atoms with Crippen molar-refractivity contribution in [3.8, 4) is 5.75 Å². The summed E-state index contributed by atoms with van der Waals surface area (Å²) in [6.07, 6.45) is -3.14. The summed E-state index contributed by atoms with van der Waals surface area (Å²) in [5, 5.41) is 2.87. The highest BCUT2D eigenvalue weighted by atomic mass is 32.2. The van der Waals surface area contributed by atoms with Crippen molar-refractivity contribution in [3.05, 3.63) is 59.7 Å². The zero-order chi connectivity index (χ0) is 29.4. The number of hydrogen-bond acceptors (Lipinski definition) is 5. The van der Waals surface area contributed by atoms with Crippen molar-refractivity contribution in [1.29, 1.82) is 0 Å². The Hall–Kier alpha value is -3.28. The first kappa shape index (κ1) is 31.9. The molecule has 0 heterocycles. The van der Waals surface area contributed by atoms with E-state index in [1.165, 1.54) is 18.1 Å². The van der Waals surface area contributed by atoms with E-state index in [0.29, 0.717) is 12.2 Å². The number of halogens is 3. The number of sulfonamides is 1. The SMILES string of the molecule is CC[C@@H](C)NC(=O)[C@H](C)N(Cc1cccc(OC)c1)C(=O)CCCN(c1cccc(C(F)(F)F)c1)S(C)(=O)=O. The van der Waals surface area contributed by atoms with Gasteiger partial charge in [-0.3, -0.25) is 13.9 Å². The molecule has 12 heteroatoms. The number of nitrogens with one attached hydrogen (secondary N) is 1. The van der Waals surface area contributed by atoms with Crippen LogP contribution in [0.25, 0.3) is 0 Å². The summed E-state index contributed by atoms with van der Waals surface area (Å²) < 4.78 is 70.5. The lowest BCUT2D eigenvalue weighted by Gasteiger charge is -2.30. The molecule has 0 aliphatic heterocycles. The van der Waals surface area contributed by atoms with Gasteiger partial charge in [0.2, 0.25) is 21.8 Å². The van der Waals surface area contributed by atoms with Gasteiger partial charge in [-0.15, -0.1) is 0 Å². The topological polar surface area (TPSA) is 96.0 Å². The Balaban J connectivity index is 2.24. The highest BCUT2D eigenvalue weighted by molar-refractivity contribution is 7.92. The molecule has 0 saturated carbocycles. The molecule has 0 unspecified atom stereocenters. The number of ether oxygens (including phenoxy) is 1. The van der Waals surface area contributed by atoms with E-state index in [1.54, 1.807) is 31.2 Å². The molecule has 0 saturated heterocycles. The van der Waals surface area contributed by atoms with E-state index in [1.807, 2.05) is 13.8 Å². The molecule has 0 fully saturated rings. The Bertz CT molecular complexity index is 1240. The van der Waals surface area contributed by atoms with Crippen LogP contribution in [0.5, 0.6) is 5.75 Å². The number of anilines is 1. The predicted octanol–water partition coefficient (Wildman–Crippen LogP) is 4.59. The highest BCUT2D eigenvalue weighted by Gasteiger charge is 2.32. The molecular formula is C27H36F3N3O5S. The van der Waals surface area contributed by atoms with Crippen molar-refractivity contribution in [2.24, 2.45) is 0 Å². The first-order chi connectivity index (χ1) is 18.2. The largest absolute Gasteiger partial charge is 0.497 e. The Morgan fingerprint density at radius 1 is 1.08 bits per heavy atom. The van der Waals surface area contributed by atoms with Gasteiger partial charge in [-0.2, -0.15) is 13.2 Å². The predicted molar refractivity (Wildman–Crippen MR) is 144 cm³/mol. The van der Waals surface area contributed by atoms with Gasteiger partial charge in [0, 0.05) is 25.6 Å². The Morgan fingerprint density at radius 3 is 2.33 bits per heavy atom. The van der Waals surface area contributed by atoms with E-state index < -0.39 is 33.7 Å². The summed E-state index contributed by atoms with van der Waals surface area (Å²) in [6, 6.07) is 10.2. The fourth-order valence-electron chi connectivity index (χ4n) is 3.86. The molecule has 2 aromatic carbocycles. The van der Waals surface area contributed by atoms with E-state index >= 15 is 0 Å². The standard InChI is InChI=1S/C27H36F3N3O5S/c1-6-19(2)31-26(35)20(3)32(18-21-10-7-13-24(16-21)38-4)25(34)14-9-15-33(39(5,36)37)23-12-8-11-22(17-23)27(28,29)30/h7-8,10-13,16-17,19-20H,6,9,14-15,18H2,1-5H3,(H,31,35)/t19-,20+/m1/s1. The Labute approximate surface area is 228 Å². The molecule has 0 aromatic heterocycles. The van der Waals surface area contributed by atoms with Crippen LogP contribution in [0, 0.1) is 0 Å². The van der Waals surface area contributed by atoms with Crippen molar-refractivity contribution in [2.75, 3.05) is 24.2 Å². The highest BCUT2D eigenvalue weighted by Crippen LogP contribution is 2.32. The van der Waals surface area contributed by atoms with Gasteiger partial charge in [0.25, 0.3) is 0 Å². The van der Waals surface area contributed by atoms with Crippen LogP contribution in [0.2, 0.25) is 0 Å². The van der Waals surface area contributed by atoms with E-state index in [9.17, 15) is 31.2 Å². The van der Waals surface area contributed by atoms with Crippen molar-refractivity contribution < 1.29 is 35.9 Å². The molecule has 0 bridgehead atoms. The van der Waals surface area contributed by atoms with Gasteiger partial charge in [0.15, 0.2) is 0 Å². The van der Waals surface area contributed by atoms with E-state index in [-0.39, 0.29) is 43.6 Å². The maximum Gasteiger partial charge on any atom is 0.416 e. The fourth-order valence-corrected chi connectivity index (χ4v) is 4.81. The van der Waals surface area contributed by atoms with E-state index in [0.717, 1.165) is 34.3 Å². The van der Waals surface area contributed by atoms with Crippen molar-refractivity contribution in [1.82, 2.24) is 10.2 Å². The number of carbonyl (C=O) groups excluding carboxylic acids is 2. The third kappa shape index (κ3) is 9.45. The number of amides is 2. The van der Waals surface area contributed by atoms with Crippen LogP contribution in [0.4, 0.5) is 18.9 Å². The maximum atomic E-state index is 13.4. The van der Waals surface area contributed by atoms with Crippen molar-refractivity contribution in [2.45, 2.75) is 64.8 Å². The van der Waals surface area contributed by atoms with E-state index in [4.69, 9.17) is 4.74 Å². The minimum atomic E-state index is -4.64. The van der Waals surface area contributed by atoms with Crippen molar-refractivity contribution >= 4 is 27.5 Å². The molecule has 2 amide bonds. The zero-order valence-corrected chi connectivity index (χ0v) is 23.6. The Morgan fingerprint density at radius 2 is 1.74 bits per heavy atom. The molecule has 216 valence electrons. The average molecular weight is 572 g/mol. The summed E-state index contributed by atoms with van der Waals surface area (Å²) in [5.41, 5.74) is -0.391. The molecule has 1 N–H and O–H groups in total. The monoisotopic (exact) mass is 571 g/mol. The summed E-state index contributed by atoms with van der Waals surface area (Å²) in [4.78, 5) is 27.6. The molecular weight excluding hydrogens is 535 g/mol. The number of methoxy groups -OCH3 is 1. The summed E-state index contributed by atoms with van der Waals surface area (Å²) in [6.45, 7) is 5.28. The smallest absolute Gasteiger partial charge is 0.416 e. The van der Waals surface area contributed by atoms with E-state index in [2.05, 4.69) is 5.32 Å². The maximum absolute atomic E-state index is 13.4. The molecule has 2 rings (SSSR count). The van der Waals surface area contributed by atoms with Crippen LogP contribution >= 0.6 is 0 Å². The van der Waals surface area contributed by atoms with Gasteiger partial charge in [-0.05, 0) is 62.6 Å². The molecule has 0 aliphatic rings. The van der Waals surface area contributed by atoms with Gasteiger partial charge in [-0.25, -0.2) is 8.42 Å². The number of alkyl halides is 3. The van der Waals surface area contributed by atoms with Crippen LogP contribution in [-0.4, -0.2) is 57.1 Å². The molecule has 2 atom stereocenters. The minimum Gasteiger partial charge on any atom is -0.497 e. The third-order valence-electron chi connectivity index (χ3n) is 6.27. The van der Waals surface area contributed by atoms with Gasteiger partial charge in [0.1, 0.15) is 11.8 Å². The number of rotatable bonds is 13. The van der Waals surface area contributed by atoms with Gasteiger partial charge in [0.05, 0.1) is 24.6 Å². The molecule has 0 radical (unpaired) electrons. The van der Waals surface area contributed by atoms with Gasteiger partial charge < -0.3 is 15.0 Å². The molecule has 0 spiro atoms. The lowest BCUT2D eigenvalue weighted by molar-refractivity contribution is -0.140. The quantitative estimate of drug-likeness (QED) is 0.380. The van der Waals surface area contributed by atoms with Crippen molar-refractivity contribution in [3.63, 3.8) is 0 Å². The average Bonchev–Trinajstić information content (AvgIpc) is 2.88. The van der Waals surface area contributed by atoms with Crippen LogP contribution in [0.15, 0.2) is 48.5 Å². The fraction of sp³-hybridized carbons (Fsp3) is 0.481. The number of carbonyl (C=O) groups is 2. The first-order valence-corrected chi connectivity index (χ1v) is 14.4. The Kier molecular flexibility index (Phi) is 11.2. The number of hydrogen-bond donors (Lipinski definition) is 1. The van der Waals surface area contributed by atoms with Crippen LogP contribution < -0.4 is 14.4 Å². The number of benzene rings is 2. The van der Waals surface area contributed by atoms with Crippen LogP contribution in [0.1, 0.15) is 51.2 Å². The van der Waals surface area contributed by atoms with Crippen LogP contribution in [-0.2, 0) is 32.3 Å². The minimum absolute atomic E-state index is 0.0243.